The summed E-state index contributed by atoms with van der Waals surface area (Å²) in [5.41, 5.74) is 1.38. The highest BCUT2D eigenvalue weighted by molar-refractivity contribution is 5.96. The Balaban J connectivity index is 1.82. The maximum atomic E-state index is 12.9. The molecule has 0 spiro atoms. The summed E-state index contributed by atoms with van der Waals surface area (Å²) in [4.78, 5) is 23.8. The molecule has 0 aromatic heterocycles. The number of rotatable bonds is 9. The number of nitrogens with zero attached hydrogens (tertiary/aromatic N) is 1. The molecule has 0 radical (unpaired) electrons. The first-order valence-electron chi connectivity index (χ1n) is 9.30. The van der Waals surface area contributed by atoms with Gasteiger partial charge in [0.1, 0.15) is 5.75 Å². The molecule has 2 amide bonds. The third kappa shape index (κ3) is 7.23. The zero-order valence-electron chi connectivity index (χ0n) is 16.3. The second-order valence-corrected chi connectivity index (χ2v) is 6.29. The molecule has 0 aliphatic rings. The smallest absolute Gasteiger partial charge is 0.417 e. The van der Waals surface area contributed by atoms with Crippen LogP contribution in [0.5, 0.6) is 5.75 Å². The summed E-state index contributed by atoms with van der Waals surface area (Å²) in [6.45, 7) is 2.27. The second-order valence-electron chi connectivity index (χ2n) is 6.29. The predicted molar refractivity (Wildman–Crippen MR) is 106 cm³/mol. The number of amides is 2. The van der Waals surface area contributed by atoms with Gasteiger partial charge in [0, 0.05) is 11.1 Å². The molecule has 0 fully saturated rings. The summed E-state index contributed by atoms with van der Waals surface area (Å²) in [5.74, 6) is -0.508. The fraction of sp³-hybridized carbons (Fsp3) is 0.286. The van der Waals surface area contributed by atoms with E-state index in [1.807, 2.05) is 0 Å². The number of benzene rings is 2. The van der Waals surface area contributed by atoms with E-state index in [1.54, 1.807) is 24.3 Å². The van der Waals surface area contributed by atoms with Crippen molar-refractivity contribution < 1.29 is 27.5 Å². The Bertz CT molecular complexity index is 881. The maximum absolute atomic E-state index is 12.9. The Hall–Kier alpha value is -3.36. The van der Waals surface area contributed by atoms with Crippen LogP contribution in [0.2, 0.25) is 0 Å². The van der Waals surface area contributed by atoms with Gasteiger partial charge in [0.2, 0.25) is 0 Å². The summed E-state index contributed by atoms with van der Waals surface area (Å²) in [6, 6.07) is 11.3. The average molecular weight is 421 g/mol. The van der Waals surface area contributed by atoms with Gasteiger partial charge < -0.3 is 10.1 Å². The molecule has 0 unspecified atom stereocenters. The lowest BCUT2D eigenvalue weighted by molar-refractivity contribution is -0.137. The zero-order chi connectivity index (χ0) is 22.0. The third-order valence-corrected chi connectivity index (χ3v) is 3.95. The van der Waals surface area contributed by atoms with Crippen LogP contribution in [0.25, 0.3) is 0 Å². The standard InChI is InChI=1S/C21H22F3N3O3/c1-2-3-12-30-17-10-8-15(9-11-17)20(29)25-14-19(28)27-26-13-16-6-4-5-7-18(16)21(22,23)24/h4-11,13H,2-3,12,14H2,1H3,(H,25,29)(H,27,28)/b26-13+. The van der Waals surface area contributed by atoms with Crippen LogP contribution >= 0.6 is 0 Å². The lowest BCUT2D eigenvalue weighted by Crippen LogP contribution is -2.34. The largest absolute Gasteiger partial charge is 0.494 e. The summed E-state index contributed by atoms with van der Waals surface area (Å²) < 4.78 is 44.2. The zero-order valence-corrected chi connectivity index (χ0v) is 16.3. The van der Waals surface area contributed by atoms with Gasteiger partial charge in [-0.3, -0.25) is 9.59 Å². The second kappa shape index (κ2) is 11.0. The van der Waals surface area contributed by atoms with Gasteiger partial charge in [-0.1, -0.05) is 31.5 Å². The fourth-order valence-electron chi connectivity index (χ4n) is 2.38. The predicted octanol–water partition coefficient (Wildman–Crippen LogP) is 3.76. The number of nitrogens with one attached hydrogen (secondary N) is 2. The maximum Gasteiger partial charge on any atom is 0.417 e. The molecule has 30 heavy (non-hydrogen) atoms. The van der Waals surface area contributed by atoms with Crippen molar-refractivity contribution in [2.24, 2.45) is 5.10 Å². The lowest BCUT2D eigenvalue weighted by atomic mass is 10.1. The molecule has 0 bridgehead atoms. The summed E-state index contributed by atoms with van der Waals surface area (Å²) >= 11 is 0. The first-order valence-corrected chi connectivity index (χ1v) is 9.30. The fourth-order valence-corrected chi connectivity index (χ4v) is 2.38. The molecular formula is C21H22F3N3O3. The number of carbonyl (C=O) groups is 2. The minimum absolute atomic E-state index is 0.185. The van der Waals surface area contributed by atoms with Crippen LogP contribution in [0, 0.1) is 0 Å². The Labute approximate surface area is 172 Å². The first kappa shape index (κ1) is 22.9. The molecule has 0 saturated heterocycles. The molecule has 0 saturated carbocycles. The highest BCUT2D eigenvalue weighted by atomic mass is 19.4. The summed E-state index contributed by atoms with van der Waals surface area (Å²) in [5, 5.41) is 5.93. The minimum Gasteiger partial charge on any atom is -0.494 e. The number of alkyl halides is 3. The number of ether oxygens (including phenoxy) is 1. The molecule has 2 N–H and O–H groups in total. The van der Waals surface area contributed by atoms with Crippen LogP contribution in [0.15, 0.2) is 53.6 Å². The van der Waals surface area contributed by atoms with E-state index in [0.717, 1.165) is 25.1 Å². The van der Waals surface area contributed by atoms with E-state index in [0.29, 0.717) is 17.9 Å². The molecule has 9 heteroatoms. The summed E-state index contributed by atoms with van der Waals surface area (Å²) in [6.07, 6.45) is -1.68. The lowest BCUT2D eigenvalue weighted by Gasteiger charge is -2.09. The molecule has 6 nitrogen and oxygen atoms in total. The van der Waals surface area contributed by atoms with Crippen LogP contribution in [-0.2, 0) is 11.0 Å². The van der Waals surface area contributed by atoms with Crippen molar-refractivity contribution in [3.63, 3.8) is 0 Å². The molecule has 0 heterocycles. The van der Waals surface area contributed by atoms with Gasteiger partial charge in [-0.05, 0) is 36.8 Å². The van der Waals surface area contributed by atoms with E-state index in [1.165, 1.54) is 18.2 Å². The van der Waals surface area contributed by atoms with E-state index >= 15 is 0 Å². The van der Waals surface area contributed by atoms with Gasteiger partial charge in [-0.15, -0.1) is 0 Å². The quantitative estimate of drug-likeness (QED) is 0.368. The Kier molecular flexibility index (Phi) is 8.40. The Morgan fingerprint density at radius 1 is 1.10 bits per heavy atom. The number of halogens is 3. The van der Waals surface area contributed by atoms with E-state index in [-0.39, 0.29) is 12.1 Å². The van der Waals surface area contributed by atoms with Crippen LogP contribution in [0.1, 0.15) is 41.3 Å². The van der Waals surface area contributed by atoms with Crippen molar-refractivity contribution in [2.45, 2.75) is 25.9 Å². The number of unbranched alkanes of at least 4 members (excludes halogenated alkanes) is 1. The number of hydrazone groups is 1. The van der Waals surface area contributed by atoms with Crippen LogP contribution in [0.3, 0.4) is 0 Å². The molecule has 2 aromatic rings. The van der Waals surface area contributed by atoms with Gasteiger partial charge in [0.25, 0.3) is 11.8 Å². The number of hydrogen-bond acceptors (Lipinski definition) is 4. The van der Waals surface area contributed by atoms with Crippen molar-refractivity contribution in [3.05, 3.63) is 65.2 Å². The molecule has 0 aliphatic heterocycles. The monoisotopic (exact) mass is 421 g/mol. The highest BCUT2D eigenvalue weighted by Gasteiger charge is 2.32. The van der Waals surface area contributed by atoms with E-state index in [4.69, 9.17) is 4.74 Å². The SMILES string of the molecule is CCCCOc1ccc(C(=O)NCC(=O)N/N=C/c2ccccc2C(F)(F)F)cc1. The third-order valence-electron chi connectivity index (χ3n) is 3.95. The van der Waals surface area contributed by atoms with Crippen LogP contribution in [0.4, 0.5) is 13.2 Å². The van der Waals surface area contributed by atoms with Gasteiger partial charge in [0.15, 0.2) is 0 Å². The molecule has 0 aliphatic carbocycles. The van der Waals surface area contributed by atoms with Crippen LogP contribution < -0.4 is 15.5 Å². The minimum atomic E-state index is -4.53. The van der Waals surface area contributed by atoms with E-state index in [2.05, 4.69) is 22.8 Å². The topological polar surface area (TPSA) is 79.8 Å². The van der Waals surface area contributed by atoms with E-state index in [9.17, 15) is 22.8 Å². The van der Waals surface area contributed by atoms with Gasteiger partial charge in [-0.25, -0.2) is 5.43 Å². The number of carbonyl (C=O) groups excluding carboxylic acids is 2. The Morgan fingerprint density at radius 3 is 2.47 bits per heavy atom. The Morgan fingerprint density at radius 2 is 1.80 bits per heavy atom. The van der Waals surface area contributed by atoms with Gasteiger partial charge >= 0.3 is 6.18 Å². The first-order chi connectivity index (χ1) is 14.3. The molecule has 0 atom stereocenters. The van der Waals surface area contributed by atoms with Crippen molar-refractivity contribution in [2.75, 3.05) is 13.2 Å². The normalized spacial score (nSPS) is 11.3. The van der Waals surface area contributed by atoms with Crippen molar-refractivity contribution in [1.82, 2.24) is 10.7 Å². The van der Waals surface area contributed by atoms with Gasteiger partial charge in [-0.2, -0.15) is 18.3 Å². The molecular weight excluding hydrogens is 399 g/mol. The van der Waals surface area contributed by atoms with Crippen molar-refractivity contribution >= 4 is 18.0 Å². The molecule has 2 aromatic carbocycles. The summed E-state index contributed by atoms with van der Waals surface area (Å²) in [7, 11) is 0. The van der Waals surface area contributed by atoms with Crippen LogP contribution in [-0.4, -0.2) is 31.2 Å². The van der Waals surface area contributed by atoms with Gasteiger partial charge in [0.05, 0.1) is 24.9 Å². The number of hydrogen-bond donors (Lipinski definition) is 2. The van der Waals surface area contributed by atoms with Crippen molar-refractivity contribution in [3.8, 4) is 5.75 Å². The van der Waals surface area contributed by atoms with E-state index < -0.39 is 23.6 Å². The molecule has 2 rings (SSSR count). The average Bonchev–Trinajstić information content (AvgIpc) is 2.72. The highest BCUT2D eigenvalue weighted by Crippen LogP contribution is 2.31. The van der Waals surface area contributed by atoms with Crippen molar-refractivity contribution in [1.29, 1.82) is 0 Å². The molecule has 160 valence electrons.